The van der Waals surface area contributed by atoms with Gasteiger partial charge >= 0.3 is 17.9 Å². The molecule has 0 aliphatic heterocycles. The van der Waals surface area contributed by atoms with Crippen molar-refractivity contribution in [1.82, 2.24) is 0 Å². The fourth-order valence-corrected chi connectivity index (χ4v) is 7.01. The molecular formula is C55H96O6. The fourth-order valence-electron chi connectivity index (χ4n) is 7.01. The Labute approximate surface area is 377 Å². The monoisotopic (exact) mass is 853 g/mol. The number of rotatable bonds is 46. The van der Waals surface area contributed by atoms with Crippen LogP contribution in [0.3, 0.4) is 0 Å². The van der Waals surface area contributed by atoms with Crippen LogP contribution in [-0.2, 0) is 28.6 Å². The van der Waals surface area contributed by atoms with Gasteiger partial charge in [-0.1, -0.05) is 191 Å². The van der Waals surface area contributed by atoms with Crippen LogP contribution < -0.4 is 0 Å². The van der Waals surface area contributed by atoms with E-state index < -0.39 is 6.10 Å². The number of esters is 3. The lowest BCUT2D eigenvalue weighted by molar-refractivity contribution is -0.167. The van der Waals surface area contributed by atoms with Gasteiger partial charge in [0.1, 0.15) is 13.2 Å². The van der Waals surface area contributed by atoms with Gasteiger partial charge in [0, 0.05) is 19.3 Å². The Morgan fingerprint density at radius 1 is 0.328 bits per heavy atom. The van der Waals surface area contributed by atoms with Crippen LogP contribution in [0.1, 0.15) is 252 Å². The maximum absolute atomic E-state index is 12.8. The molecular weight excluding hydrogens is 757 g/mol. The largest absolute Gasteiger partial charge is 0.462 e. The first-order valence-corrected chi connectivity index (χ1v) is 25.8. The van der Waals surface area contributed by atoms with Crippen molar-refractivity contribution in [2.24, 2.45) is 0 Å². The number of ether oxygens (including phenoxy) is 3. The molecule has 6 nitrogen and oxygen atoms in total. The Morgan fingerprint density at radius 3 is 1.05 bits per heavy atom. The van der Waals surface area contributed by atoms with Gasteiger partial charge in [-0.15, -0.1) is 0 Å². The van der Waals surface area contributed by atoms with E-state index in [2.05, 4.69) is 81.5 Å². The van der Waals surface area contributed by atoms with Crippen molar-refractivity contribution in [2.75, 3.05) is 13.2 Å². The number of unbranched alkanes of at least 4 members (excludes halogenated alkanes) is 25. The summed E-state index contributed by atoms with van der Waals surface area (Å²) in [5.41, 5.74) is 0. The van der Waals surface area contributed by atoms with E-state index in [0.29, 0.717) is 19.3 Å². The van der Waals surface area contributed by atoms with Gasteiger partial charge in [0.25, 0.3) is 0 Å². The molecule has 0 heterocycles. The van der Waals surface area contributed by atoms with Gasteiger partial charge in [0.2, 0.25) is 0 Å². The number of hydrogen-bond acceptors (Lipinski definition) is 6. The highest BCUT2D eigenvalue weighted by atomic mass is 16.6. The summed E-state index contributed by atoms with van der Waals surface area (Å²) in [5, 5.41) is 0. The van der Waals surface area contributed by atoms with Crippen molar-refractivity contribution in [2.45, 2.75) is 258 Å². The number of allylic oxidation sites excluding steroid dienone is 10. The summed E-state index contributed by atoms with van der Waals surface area (Å²) in [5.74, 6) is -0.945. The number of hydrogen-bond donors (Lipinski definition) is 0. The van der Waals surface area contributed by atoms with Crippen molar-refractivity contribution in [3.05, 3.63) is 60.8 Å². The number of carbonyl (C=O) groups excluding carboxylic acids is 3. The Morgan fingerprint density at radius 2 is 0.607 bits per heavy atom. The molecule has 0 aliphatic carbocycles. The van der Waals surface area contributed by atoms with E-state index in [9.17, 15) is 14.4 Å². The van der Waals surface area contributed by atoms with Gasteiger partial charge < -0.3 is 14.2 Å². The molecule has 0 bridgehead atoms. The zero-order chi connectivity index (χ0) is 44.4. The van der Waals surface area contributed by atoms with E-state index in [1.807, 2.05) is 0 Å². The molecule has 6 heteroatoms. The summed E-state index contributed by atoms with van der Waals surface area (Å²) in [4.78, 5) is 37.9. The van der Waals surface area contributed by atoms with E-state index in [0.717, 1.165) is 70.6 Å². The van der Waals surface area contributed by atoms with Gasteiger partial charge in [-0.2, -0.15) is 0 Å². The normalized spacial score (nSPS) is 12.5. The third-order valence-corrected chi connectivity index (χ3v) is 11.0. The van der Waals surface area contributed by atoms with Crippen LogP contribution in [0.4, 0.5) is 0 Å². The molecule has 0 unspecified atom stereocenters. The third kappa shape index (κ3) is 48.0. The number of carbonyl (C=O) groups is 3. The standard InChI is InChI=1S/C55H96O6/c1-4-7-10-13-16-19-22-24-26-27-29-30-33-36-39-42-45-48-54(57)60-51-52(50-59-53(56)47-44-41-38-35-32-21-18-15-12-9-6-3)61-55(58)49-46-43-40-37-34-31-28-25-23-20-17-14-11-8-5-2/h15,17-18,20,24-26,28,34,37,52H,4-14,16,19,21-23,27,29-33,35-36,38-51H2,1-3H3/b18-15-,20-17-,26-24-,28-25-,37-34-/t52-/m1/s1. The minimum absolute atomic E-state index is 0.0942. The summed E-state index contributed by atoms with van der Waals surface area (Å²) in [7, 11) is 0. The predicted octanol–water partition coefficient (Wildman–Crippen LogP) is 16.9. The molecule has 0 spiro atoms. The quantitative estimate of drug-likeness (QED) is 0.0263. The molecule has 0 aromatic carbocycles. The maximum Gasteiger partial charge on any atom is 0.306 e. The Balaban J connectivity index is 4.42. The lowest BCUT2D eigenvalue weighted by Gasteiger charge is -2.18. The van der Waals surface area contributed by atoms with Crippen LogP contribution in [0.25, 0.3) is 0 Å². The maximum atomic E-state index is 12.8. The molecule has 0 aromatic heterocycles. The molecule has 0 N–H and O–H groups in total. The topological polar surface area (TPSA) is 78.9 Å². The van der Waals surface area contributed by atoms with Crippen LogP contribution >= 0.6 is 0 Å². The van der Waals surface area contributed by atoms with Gasteiger partial charge in [-0.25, -0.2) is 0 Å². The van der Waals surface area contributed by atoms with Crippen LogP contribution in [0, 0.1) is 0 Å². The highest BCUT2D eigenvalue weighted by Gasteiger charge is 2.19. The van der Waals surface area contributed by atoms with E-state index in [1.165, 1.54) is 135 Å². The summed E-state index contributed by atoms with van der Waals surface area (Å²) in [6, 6.07) is 0. The van der Waals surface area contributed by atoms with E-state index in [-0.39, 0.29) is 37.5 Å². The highest BCUT2D eigenvalue weighted by molar-refractivity contribution is 5.71. The van der Waals surface area contributed by atoms with E-state index >= 15 is 0 Å². The SMILES string of the molecule is CCCC/C=C\CCCCCCCC(=O)OC[C@H](COC(=O)CCCCCCCCC/C=C\CCCCCCCC)OC(=O)CCCC/C=C\C/C=C\C/C=C\CCCCC. The molecule has 0 fully saturated rings. The van der Waals surface area contributed by atoms with E-state index in [4.69, 9.17) is 14.2 Å². The first-order chi connectivity index (χ1) is 30.0. The molecule has 0 amide bonds. The second-order valence-corrected chi connectivity index (χ2v) is 17.1. The average Bonchev–Trinajstić information content (AvgIpc) is 3.26. The predicted molar refractivity (Wildman–Crippen MR) is 261 cm³/mol. The minimum Gasteiger partial charge on any atom is -0.462 e. The van der Waals surface area contributed by atoms with Crippen molar-refractivity contribution in [1.29, 1.82) is 0 Å². The molecule has 352 valence electrons. The second kappa shape index (κ2) is 49.8. The van der Waals surface area contributed by atoms with Crippen LogP contribution in [0.15, 0.2) is 60.8 Å². The van der Waals surface area contributed by atoms with Crippen LogP contribution in [0.5, 0.6) is 0 Å². The lowest BCUT2D eigenvalue weighted by atomic mass is 10.1. The molecule has 0 aliphatic rings. The van der Waals surface area contributed by atoms with Gasteiger partial charge in [0.15, 0.2) is 6.10 Å². The average molecular weight is 853 g/mol. The van der Waals surface area contributed by atoms with Gasteiger partial charge in [0.05, 0.1) is 0 Å². The summed E-state index contributed by atoms with van der Waals surface area (Å²) >= 11 is 0. The van der Waals surface area contributed by atoms with Crippen molar-refractivity contribution < 1.29 is 28.6 Å². The first-order valence-electron chi connectivity index (χ1n) is 25.8. The summed E-state index contributed by atoms with van der Waals surface area (Å²) in [6.45, 7) is 6.53. The molecule has 61 heavy (non-hydrogen) atoms. The van der Waals surface area contributed by atoms with E-state index in [1.54, 1.807) is 0 Å². The molecule has 0 rings (SSSR count). The molecule has 0 saturated carbocycles. The van der Waals surface area contributed by atoms with Crippen molar-refractivity contribution >= 4 is 17.9 Å². The minimum atomic E-state index is -0.797. The van der Waals surface area contributed by atoms with Gasteiger partial charge in [-0.05, 0) is 103 Å². The highest BCUT2D eigenvalue weighted by Crippen LogP contribution is 2.14. The van der Waals surface area contributed by atoms with Crippen LogP contribution in [0.2, 0.25) is 0 Å². The van der Waals surface area contributed by atoms with Crippen molar-refractivity contribution in [3.63, 3.8) is 0 Å². The smallest absolute Gasteiger partial charge is 0.306 e. The summed E-state index contributed by atoms with van der Waals surface area (Å²) in [6.07, 6.45) is 60.6. The fraction of sp³-hybridized carbons (Fsp3) is 0.764. The zero-order valence-electron chi connectivity index (χ0n) is 40.2. The molecule has 1 atom stereocenters. The lowest BCUT2D eigenvalue weighted by Crippen LogP contribution is -2.30. The Hall–Kier alpha value is -2.89. The Kier molecular flexibility index (Phi) is 47.4. The summed E-state index contributed by atoms with van der Waals surface area (Å²) < 4.78 is 16.7. The van der Waals surface area contributed by atoms with Gasteiger partial charge in [-0.3, -0.25) is 14.4 Å². The molecule has 0 saturated heterocycles. The second-order valence-electron chi connectivity index (χ2n) is 17.1. The molecule has 0 aromatic rings. The third-order valence-electron chi connectivity index (χ3n) is 11.0. The first kappa shape index (κ1) is 58.1. The Bertz CT molecular complexity index is 1120. The van der Waals surface area contributed by atoms with Crippen molar-refractivity contribution in [3.8, 4) is 0 Å². The van der Waals surface area contributed by atoms with Crippen LogP contribution in [-0.4, -0.2) is 37.2 Å². The molecule has 0 radical (unpaired) electrons. The zero-order valence-corrected chi connectivity index (χ0v) is 40.2.